The molecule has 1 heterocycles. The summed E-state index contributed by atoms with van der Waals surface area (Å²) in [5, 5.41) is 9.72. The van der Waals surface area contributed by atoms with Crippen LogP contribution in [-0.2, 0) is 0 Å². The molecule has 2 N–H and O–H groups in total. The quantitative estimate of drug-likeness (QED) is 0.688. The van der Waals surface area contributed by atoms with E-state index in [2.05, 4.69) is 15.5 Å². The van der Waals surface area contributed by atoms with Crippen molar-refractivity contribution in [3.05, 3.63) is 72.4 Å². The number of carbonyl (C=O) groups is 1. The number of hydrogen-bond donors (Lipinski definition) is 2. The molecule has 0 saturated heterocycles. The number of aromatic nitrogens is 2. The molecule has 0 aliphatic rings. The largest absolute Gasteiger partial charge is 0.492 e. The van der Waals surface area contributed by atoms with Crippen molar-refractivity contribution in [2.24, 2.45) is 0 Å². The van der Waals surface area contributed by atoms with Crippen LogP contribution in [0.25, 0.3) is 11.3 Å². The first kappa shape index (κ1) is 14.8. The maximum absolute atomic E-state index is 12.1. The van der Waals surface area contributed by atoms with E-state index < -0.39 is 0 Å². The molecule has 1 aromatic heterocycles. The lowest BCUT2D eigenvalue weighted by molar-refractivity contribution is 0.0942. The molecule has 3 aromatic rings. The highest BCUT2D eigenvalue weighted by atomic mass is 16.5. The van der Waals surface area contributed by atoms with Gasteiger partial charge in [-0.15, -0.1) is 0 Å². The third kappa shape index (κ3) is 3.97. The van der Waals surface area contributed by atoms with Crippen LogP contribution < -0.4 is 10.1 Å². The number of amides is 1. The Morgan fingerprint density at radius 2 is 1.74 bits per heavy atom. The third-order valence-corrected chi connectivity index (χ3v) is 3.29. The molecule has 2 aromatic carbocycles. The number of H-pyrrole nitrogens is 1. The molecule has 0 aliphatic heterocycles. The van der Waals surface area contributed by atoms with Crippen LogP contribution in [0.1, 0.15) is 10.5 Å². The van der Waals surface area contributed by atoms with Gasteiger partial charge in [-0.25, -0.2) is 0 Å². The third-order valence-electron chi connectivity index (χ3n) is 3.29. The van der Waals surface area contributed by atoms with E-state index in [1.807, 2.05) is 60.7 Å². The van der Waals surface area contributed by atoms with E-state index in [1.165, 1.54) is 0 Å². The Morgan fingerprint density at radius 3 is 2.48 bits per heavy atom. The van der Waals surface area contributed by atoms with E-state index in [0.717, 1.165) is 17.0 Å². The molecule has 0 spiro atoms. The Kier molecular flexibility index (Phi) is 4.69. The normalized spacial score (nSPS) is 10.3. The smallest absolute Gasteiger partial charge is 0.269 e. The van der Waals surface area contributed by atoms with Crippen LogP contribution in [0, 0.1) is 0 Å². The summed E-state index contributed by atoms with van der Waals surface area (Å²) >= 11 is 0. The summed E-state index contributed by atoms with van der Waals surface area (Å²) in [6.07, 6.45) is 0. The minimum atomic E-state index is -0.198. The Balaban J connectivity index is 1.50. The molecule has 116 valence electrons. The number of rotatable bonds is 6. The summed E-state index contributed by atoms with van der Waals surface area (Å²) in [5.74, 6) is 0.589. The number of benzene rings is 2. The van der Waals surface area contributed by atoms with Gasteiger partial charge in [-0.2, -0.15) is 5.10 Å². The van der Waals surface area contributed by atoms with E-state index in [1.54, 1.807) is 6.07 Å². The maximum atomic E-state index is 12.1. The van der Waals surface area contributed by atoms with Crippen LogP contribution in [0.2, 0.25) is 0 Å². The van der Waals surface area contributed by atoms with Gasteiger partial charge in [0.25, 0.3) is 5.91 Å². The Bertz CT molecular complexity index is 754. The Morgan fingerprint density at radius 1 is 1.04 bits per heavy atom. The zero-order valence-corrected chi connectivity index (χ0v) is 12.5. The van der Waals surface area contributed by atoms with Gasteiger partial charge in [-0.1, -0.05) is 48.5 Å². The van der Waals surface area contributed by atoms with Crippen LogP contribution in [0.3, 0.4) is 0 Å². The van der Waals surface area contributed by atoms with Gasteiger partial charge in [0.15, 0.2) is 0 Å². The van der Waals surface area contributed by atoms with E-state index in [0.29, 0.717) is 18.8 Å². The lowest BCUT2D eigenvalue weighted by Crippen LogP contribution is -2.28. The second-order valence-electron chi connectivity index (χ2n) is 4.95. The van der Waals surface area contributed by atoms with E-state index >= 15 is 0 Å². The topological polar surface area (TPSA) is 67.0 Å². The molecule has 0 atom stereocenters. The van der Waals surface area contributed by atoms with Crippen LogP contribution >= 0.6 is 0 Å². The molecule has 0 unspecified atom stereocenters. The molecule has 0 aliphatic carbocycles. The van der Waals surface area contributed by atoms with E-state index in [4.69, 9.17) is 4.74 Å². The molecule has 1 amide bonds. The van der Waals surface area contributed by atoms with E-state index in [-0.39, 0.29) is 5.91 Å². The highest BCUT2D eigenvalue weighted by Crippen LogP contribution is 2.16. The fraction of sp³-hybridized carbons (Fsp3) is 0.111. The van der Waals surface area contributed by atoms with Gasteiger partial charge in [0, 0.05) is 5.56 Å². The molecule has 0 radical (unpaired) electrons. The van der Waals surface area contributed by atoms with Crippen molar-refractivity contribution in [2.45, 2.75) is 0 Å². The van der Waals surface area contributed by atoms with Crippen molar-refractivity contribution >= 4 is 5.91 Å². The number of aromatic amines is 1. The standard InChI is InChI=1S/C18H17N3O2/c22-18(19-11-12-23-15-9-5-2-6-10-15)17-13-16(20-21-17)14-7-3-1-4-8-14/h1-10,13H,11-12H2,(H,19,22)(H,20,21). The SMILES string of the molecule is O=C(NCCOc1ccccc1)c1cc(-c2ccccc2)n[nH]1. The second-order valence-corrected chi connectivity index (χ2v) is 4.95. The van der Waals surface area contributed by atoms with Crippen molar-refractivity contribution < 1.29 is 9.53 Å². The summed E-state index contributed by atoms with van der Waals surface area (Å²) in [7, 11) is 0. The van der Waals surface area contributed by atoms with E-state index in [9.17, 15) is 4.79 Å². The first-order chi connectivity index (χ1) is 11.3. The molecule has 23 heavy (non-hydrogen) atoms. The van der Waals surface area contributed by atoms with Gasteiger partial charge in [0.1, 0.15) is 18.1 Å². The van der Waals surface area contributed by atoms with Gasteiger partial charge in [-0.3, -0.25) is 9.89 Å². The number of para-hydroxylation sites is 1. The average molecular weight is 307 g/mol. The molecule has 0 fully saturated rings. The molecule has 0 saturated carbocycles. The predicted molar refractivity (Wildman–Crippen MR) is 88.3 cm³/mol. The molecule has 0 bridgehead atoms. The number of nitrogens with zero attached hydrogens (tertiary/aromatic N) is 1. The lowest BCUT2D eigenvalue weighted by atomic mass is 10.1. The lowest BCUT2D eigenvalue weighted by Gasteiger charge is -2.06. The van der Waals surface area contributed by atoms with Gasteiger partial charge in [0.2, 0.25) is 0 Å². The van der Waals surface area contributed by atoms with Crippen molar-refractivity contribution in [3.63, 3.8) is 0 Å². The first-order valence-electron chi connectivity index (χ1n) is 7.40. The summed E-state index contributed by atoms with van der Waals surface area (Å²) in [6.45, 7) is 0.836. The van der Waals surface area contributed by atoms with Gasteiger partial charge in [-0.05, 0) is 18.2 Å². The summed E-state index contributed by atoms with van der Waals surface area (Å²) in [5.41, 5.74) is 2.15. The fourth-order valence-electron chi connectivity index (χ4n) is 2.14. The molecule has 5 nitrogen and oxygen atoms in total. The molecule has 5 heteroatoms. The van der Waals surface area contributed by atoms with Crippen LogP contribution in [0.5, 0.6) is 5.75 Å². The highest BCUT2D eigenvalue weighted by Gasteiger charge is 2.10. The molecular weight excluding hydrogens is 290 g/mol. The van der Waals surface area contributed by atoms with Gasteiger partial charge < -0.3 is 10.1 Å². The van der Waals surface area contributed by atoms with Crippen LogP contribution in [0.15, 0.2) is 66.7 Å². The van der Waals surface area contributed by atoms with Crippen molar-refractivity contribution in [1.82, 2.24) is 15.5 Å². The van der Waals surface area contributed by atoms with Crippen molar-refractivity contribution in [1.29, 1.82) is 0 Å². The second kappa shape index (κ2) is 7.26. The first-order valence-corrected chi connectivity index (χ1v) is 7.40. The van der Waals surface area contributed by atoms with Gasteiger partial charge in [0.05, 0.1) is 12.2 Å². The Hall–Kier alpha value is -3.08. The number of ether oxygens (including phenoxy) is 1. The average Bonchev–Trinajstić information content (AvgIpc) is 3.10. The summed E-state index contributed by atoms with van der Waals surface area (Å²) in [6, 6.07) is 20.9. The number of hydrogen-bond acceptors (Lipinski definition) is 3. The summed E-state index contributed by atoms with van der Waals surface area (Å²) in [4.78, 5) is 12.1. The zero-order chi connectivity index (χ0) is 15.9. The van der Waals surface area contributed by atoms with Crippen LogP contribution in [0.4, 0.5) is 0 Å². The van der Waals surface area contributed by atoms with Crippen molar-refractivity contribution in [2.75, 3.05) is 13.2 Å². The number of nitrogens with one attached hydrogen (secondary N) is 2. The molecular formula is C18H17N3O2. The summed E-state index contributed by atoms with van der Waals surface area (Å²) < 4.78 is 5.53. The number of carbonyl (C=O) groups excluding carboxylic acids is 1. The minimum Gasteiger partial charge on any atom is -0.492 e. The minimum absolute atomic E-state index is 0.198. The monoisotopic (exact) mass is 307 g/mol. The maximum Gasteiger partial charge on any atom is 0.269 e. The highest BCUT2D eigenvalue weighted by molar-refractivity contribution is 5.93. The van der Waals surface area contributed by atoms with Crippen molar-refractivity contribution in [3.8, 4) is 17.0 Å². The van der Waals surface area contributed by atoms with Gasteiger partial charge >= 0.3 is 0 Å². The Labute approximate surface area is 134 Å². The fourth-order valence-corrected chi connectivity index (χ4v) is 2.14. The molecule has 3 rings (SSSR count). The zero-order valence-electron chi connectivity index (χ0n) is 12.5. The van der Waals surface area contributed by atoms with Crippen LogP contribution in [-0.4, -0.2) is 29.3 Å². The predicted octanol–water partition coefficient (Wildman–Crippen LogP) is 2.89.